The van der Waals surface area contributed by atoms with Gasteiger partial charge in [-0.25, -0.2) is 4.79 Å². The summed E-state index contributed by atoms with van der Waals surface area (Å²) in [5.41, 5.74) is 1.13. The van der Waals surface area contributed by atoms with Gasteiger partial charge in [0.05, 0.1) is 0 Å². The topological polar surface area (TPSA) is 108 Å². The molecule has 3 fully saturated rings. The van der Waals surface area contributed by atoms with E-state index in [9.17, 15) is 19.2 Å². The van der Waals surface area contributed by atoms with Crippen LogP contribution in [-0.2, 0) is 9.59 Å². The number of imide groups is 1. The summed E-state index contributed by atoms with van der Waals surface area (Å²) in [5.74, 6) is -0.350. The highest BCUT2D eigenvalue weighted by atomic mass is 16.2. The molecule has 5 amide bonds. The van der Waals surface area contributed by atoms with Gasteiger partial charge in [-0.3, -0.25) is 19.3 Å². The molecule has 0 atom stereocenters. The molecule has 3 N–H and O–H groups in total. The first kappa shape index (κ1) is 26.2. The zero-order chi connectivity index (χ0) is 26.1. The van der Waals surface area contributed by atoms with Crippen molar-refractivity contribution < 1.29 is 19.2 Å². The van der Waals surface area contributed by atoms with Crippen LogP contribution in [0, 0.1) is 18.3 Å². The molecule has 36 heavy (non-hydrogen) atoms. The van der Waals surface area contributed by atoms with Gasteiger partial charge in [-0.2, -0.15) is 0 Å². The van der Waals surface area contributed by atoms with E-state index in [0.29, 0.717) is 30.0 Å². The van der Waals surface area contributed by atoms with Crippen molar-refractivity contribution >= 4 is 29.4 Å². The first-order valence-electron chi connectivity index (χ1n) is 13.3. The molecule has 1 aliphatic heterocycles. The van der Waals surface area contributed by atoms with Gasteiger partial charge in [0.25, 0.3) is 11.8 Å². The molecule has 196 valence electrons. The van der Waals surface area contributed by atoms with Crippen LogP contribution in [0.5, 0.6) is 0 Å². The number of rotatable bonds is 5. The smallest absolute Gasteiger partial charge is 0.325 e. The zero-order valence-corrected chi connectivity index (χ0v) is 22.0. The second kappa shape index (κ2) is 10.2. The van der Waals surface area contributed by atoms with Gasteiger partial charge in [-0.1, -0.05) is 40.0 Å². The number of carbonyl (C=O) groups excluding carboxylic acids is 4. The number of nitrogens with zero attached hydrogens (tertiary/aromatic N) is 1. The highest BCUT2D eigenvalue weighted by Gasteiger charge is 2.53. The van der Waals surface area contributed by atoms with Gasteiger partial charge >= 0.3 is 6.03 Å². The number of carbonyl (C=O) groups is 4. The molecule has 0 bridgehead atoms. The van der Waals surface area contributed by atoms with Gasteiger partial charge < -0.3 is 16.0 Å². The van der Waals surface area contributed by atoms with Crippen molar-refractivity contribution in [2.24, 2.45) is 11.3 Å². The van der Waals surface area contributed by atoms with Gasteiger partial charge in [0.2, 0.25) is 5.91 Å². The highest BCUT2D eigenvalue weighted by Crippen LogP contribution is 2.43. The quantitative estimate of drug-likeness (QED) is 0.521. The van der Waals surface area contributed by atoms with Crippen LogP contribution in [0.3, 0.4) is 0 Å². The van der Waals surface area contributed by atoms with Crippen LogP contribution in [0.25, 0.3) is 0 Å². The number of amides is 5. The summed E-state index contributed by atoms with van der Waals surface area (Å²) >= 11 is 0. The molecular weight excluding hydrogens is 456 g/mol. The molecule has 3 aliphatic rings. The molecule has 4 rings (SSSR count). The van der Waals surface area contributed by atoms with Crippen LogP contribution in [0.15, 0.2) is 18.2 Å². The van der Waals surface area contributed by atoms with Crippen LogP contribution >= 0.6 is 0 Å². The van der Waals surface area contributed by atoms with Crippen molar-refractivity contribution in [3.05, 3.63) is 29.3 Å². The molecule has 1 aromatic carbocycles. The molecule has 8 heteroatoms. The van der Waals surface area contributed by atoms with Crippen LogP contribution in [0.4, 0.5) is 10.5 Å². The van der Waals surface area contributed by atoms with Crippen LogP contribution in [0.2, 0.25) is 0 Å². The van der Waals surface area contributed by atoms with Crippen molar-refractivity contribution in [1.29, 1.82) is 0 Å². The largest absolute Gasteiger partial charge is 0.349 e. The Bertz CT molecular complexity index is 1030. The summed E-state index contributed by atoms with van der Waals surface area (Å²) in [6.45, 7) is 8.11. The average molecular weight is 497 g/mol. The first-order valence-corrected chi connectivity index (χ1v) is 13.3. The first-order chi connectivity index (χ1) is 17.0. The molecule has 1 aromatic rings. The molecule has 1 spiro atoms. The Morgan fingerprint density at radius 2 is 1.72 bits per heavy atom. The average Bonchev–Trinajstić information content (AvgIpc) is 3.04. The number of anilines is 1. The van der Waals surface area contributed by atoms with Gasteiger partial charge in [0.1, 0.15) is 12.1 Å². The minimum atomic E-state index is -0.887. The Balaban J connectivity index is 1.34. The molecule has 2 aliphatic carbocycles. The number of aryl methyl sites for hydroxylation is 1. The standard InChI is InChI=1S/C28H40N4O4/c1-18-16-19(24(34)29-21-8-6-5-7-9-21)10-11-22(18)30-23(33)17-32-25(35)28(31-26(32)36)14-12-20(13-15-28)27(2,3)4/h10-11,16,20-21H,5-9,12-15,17H2,1-4H3,(H,29,34)(H,30,33)(H,31,36). The third-order valence-electron chi connectivity index (χ3n) is 8.31. The van der Waals surface area contributed by atoms with Gasteiger partial charge in [-0.15, -0.1) is 0 Å². The maximum Gasteiger partial charge on any atom is 0.325 e. The van der Waals surface area contributed by atoms with Crippen LogP contribution < -0.4 is 16.0 Å². The van der Waals surface area contributed by atoms with E-state index in [4.69, 9.17) is 0 Å². The number of nitrogens with one attached hydrogen (secondary N) is 3. The third kappa shape index (κ3) is 5.57. The maximum absolute atomic E-state index is 13.2. The summed E-state index contributed by atoms with van der Waals surface area (Å²) < 4.78 is 0. The minimum absolute atomic E-state index is 0.103. The lowest BCUT2D eigenvalue weighted by atomic mass is 9.67. The molecule has 0 radical (unpaired) electrons. The fourth-order valence-corrected chi connectivity index (χ4v) is 5.93. The van der Waals surface area contributed by atoms with Crippen LogP contribution in [-0.4, -0.2) is 46.8 Å². The Morgan fingerprint density at radius 3 is 2.33 bits per heavy atom. The van der Waals surface area contributed by atoms with E-state index < -0.39 is 17.5 Å². The molecule has 1 saturated heterocycles. The summed E-state index contributed by atoms with van der Waals surface area (Å²) in [6, 6.07) is 4.86. The summed E-state index contributed by atoms with van der Waals surface area (Å²) in [7, 11) is 0. The molecule has 2 saturated carbocycles. The number of hydrogen-bond acceptors (Lipinski definition) is 4. The number of hydrogen-bond donors (Lipinski definition) is 3. The van der Waals surface area contributed by atoms with Crippen molar-refractivity contribution in [1.82, 2.24) is 15.5 Å². The van der Waals surface area contributed by atoms with E-state index in [1.165, 1.54) is 6.42 Å². The Hall–Kier alpha value is -2.90. The molecular formula is C28H40N4O4. The lowest BCUT2D eigenvalue weighted by Crippen LogP contribution is -2.51. The predicted molar refractivity (Wildman–Crippen MR) is 139 cm³/mol. The predicted octanol–water partition coefficient (Wildman–Crippen LogP) is 4.52. The molecule has 0 unspecified atom stereocenters. The van der Waals surface area contributed by atoms with Crippen LogP contribution in [0.1, 0.15) is 94.5 Å². The fourth-order valence-electron chi connectivity index (χ4n) is 5.93. The molecule has 0 aromatic heterocycles. The second-order valence-electron chi connectivity index (χ2n) is 11.9. The number of benzene rings is 1. The summed E-state index contributed by atoms with van der Waals surface area (Å²) in [5, 5.41) is 8.79. The molecule has 1 heterocycles. The Kier molecular flexibility index (Phi) is 7.43. The monoisotopic (exact) mass is 496 g/mol. The summed E-state index contributed by atoms with van der Waals surface area (Å²) in [6.07, 6.45) is 8.48. The fraction of sp³-hybridized carbons (Fsp3) is 0.643. The zero-order valence-electron chi connectivity index (χ0n) is 22.0. The van der Waals surface area contributed by atoms with E-state index in [2.05, 4.69) is 36.7 Å². The van der Waals surface area contributed by atoms with Crippen molar-refractivity contribution in [3.8, 4) is 0 Å². The van der Waals surface area contributed by atoms with Gasteiger partial charge in [-0.05, 0) is 80.5 Å². The Labute approximate surface area is 213 Å². The Morgan fingerprint density at radius 1 is 1.06 bits per heavy atom. The van der Waals surface area contributed by atoms with Crippen molar-refractivity contribution in [2.75, 3.05) is 11.9 Å². The molecule has 8 nitrogen and oxygen atoms in total. The minimum Gasteiger partial charge on any atom is -0.349 e. The van der Waals surface area contributed by atoms with Gasteiger partial charge in [0, 0.05) is 17.3 Å². The second-order valence-corrected chi connectivity index (χ2v) is 11.9. The normalized spacial score (nSPS) is 25.1. The summed E-state index contributed by atoms with van der Waals surface area (Å²) in [4.78, 5) is 52.3. The lowest BCUT2D eigenvalue weighted by molar-refractivity contribution is -0.135. The maximum atomic E-state index is 13.2. The van der Waals surface area contributed by atoms with Crippen molar-refractivity contribution in [3.63, 3.8) is 0 Å². The van der Waals surface area contributed by atoms with E-state index >= 15 is 0 Å². The lowest BCUT2D eigenvalue weighted by Gasteiger charge is -2.40. The van der Waals surface area contributed by atoms with Crippen molar-refractivity contribution in [2.45, 2.75) is 97.1 Å². The third-order valence-corrected chi connectivity index (χ3v) is 8.31. The number of urea groups is 1. The SMILES string of the molecule is Cc1cc(C(=O)NC2CCCCC2)ccc1NC(=O)CN1C(=O)NC2(CCC(C(C)(C)C)CC2)C1=O. The van der Waals surface area contributed by atoms with E-state index in [-0.39, 0.29) is 29.8 Å². The van der Waals surface area contributed by atoms with Gasteiger partial charge in [0.15, 0.2) is 0 Å². The van der Waals surface area contributed by atoms with E-state index in [0.717, 1.165) is 49.0 Å². The van der Waals surface area contributed by atoms with E-state index in [1.807, 2.05) is 6.92 Å². The van der Waals surface area contributed by atoms with E-state index in [1.54, 1.807) is 18.2 Å². The highest BCUT2D eigenvalue weighted by molar-refractivity contribution is 6.10.